The fourth-order valence-electron chi connectivity index (χ4n) is 5.43. The maximum absolute atomic E-state index is 13.2. The van der Waals surface area contributed by atoms with Crippen LogP contribution in [-0.2, 0) is 9.59 Å². The molecule has 0 aliphatic carbocycles. The van der Waals surface area contributed by atoms with Gasteiger partial charge < -0.3 is 25.3 Å². The van der Waals surface area contributed by atoms with Crippen LogP contribution in [0.15, 0.2) is 66.7 Å². The Morgan fingerprint density at radius 1 is 0.875 bits per heavy atom. The second-order valence-corrected chi connectivity index (χ2v) is 10.8. The molecule has 40 heavy (non-hydrogen) atoms. The lowest BCUT2D eigenvalue weighted by Crippen LogP contribution is -2.47. The number of benzene rings is 3. The first-order chi connectivity index (χ1) is 19.4. The average Bonchev–Trinajstić information content (AvgIpc) is 3.53. The summed E-state index contributed by atoms with van der Waals surface area (Å²) in [4.78, 5) is 44.4. The molecule has 3 aliphatic heterocycles. The molecular weight excluding hydrogens is 526 g/mol. The first kappa shape index (κ1) is 26.1. The van der Waals surface area contributed by atoms with E-state index in [-0.39, 0.29) is 17.7 Å². The van der Waals surface area contributed by atoms with Crippen LogP contribution >= 0.6 is 11.6 Å². The molecule has 0 radical (unpaired) electrons. The molecule has 9 heteroatoms. The number of likely N-dealkylation sites (N-methyl/N-ethyl adjacent to an activating group) is 1. The van der Waals surface area contributed by atoms with Crippen LogP contribution in [-0.4, -0.2) is 67.3 Å². The van der Waals surface area contributed by atoms with Gasteiger partial charge in [0.2, 0.25) is 5.91 Å². The van der Waals surface area contributed by atoms with Crippen molar-refractivity contribution in [1.29, 1.82) is 0 Å². The van der Waals surface area contributed by atoms with Crippen molar-refractivity contribution in [3.05, 3.63) is 88.4 Å². The van der Waals surface area contributed by atoms with Gasteiger partial charge in [0.05, 0.1) is 17.0 Å². The van der Waals surface area contributed by atoms with Crippen molar-refractivity contribution in [2.75, 3.05) is 55.3 Å². The number of piperazine rings is 1. The number of carbonyl (C=O) groups excluding carboxylic acids is 3. The fraction of sp³-hybridized carbons (Fsp3) is 0.258. The maximum Gasteiger partial charge on any atom is 0.258 e. The topological polar surface area (TPSA) is 85.0 Å². The highest BCUT2D eigenvalue weighted by Gasteiger charge is 2.29. The fourth-order valence-corrected chi connectivity index (χ4v) is 5.61. The van der Waals surface area contributed by atoms with Gasteiger partial charge in [-0.2, -0.15) is 0 Å². The molecule has 6 rings (SSSR count). The lowest BCUT2D eigenvalue weighted by atomic mass is 9.99. The molecule has 8 nitrogen and oxygen atoms in total. The third-order valence-electron chi connectivity index (χ3n) is 7.71. The molecule has 0 saturated carbocycles. The number of amides is 3. The normalized spacial score (nSPS) is 18.6. The number of nitrogens with zero attached hydrogens (tertiary/aromatic N) is 3. The number of fused-ring (bicyclic) bond motifs is 1. The SMILES string of the molecule is CN1CCN(C(=O)c2ccc(NC(=C3C(=O)Nc4cc(Cl)ccc43)c3ccc(N4CCCC4=O)cc3)cc2)CC1. The second kappa shape index (κ2) is 10.8. The van der Waals surface area contributed by atoms with Crippen molar-refractivity contribution in [3.8, 4) is 0 Å². The Balaban J connectivity index is 1.33. The maximum atomic E-state index is 13.2. The van der Waals surface area contributed by atoms with Gasteiger partial charge in [-0.05, 0) is 67.6 Å². The van der Waals surface area contributed by atoms with Crippen LogP contribution in [0.4, 0.5) is 17.1 Å². The van der Waals surface area contributed by atoms with Gasteiger partial charge in [-0.1, -0.05) is 29.8 Å². The highest BCUT2D eigenvalue weighted by molar-refractivity contribution is 6.38. The number of hydrogen-bond acceptors (Lipinski definition) is 5. The van der Waals surface area contributed by atoms with Gasteiger partial charge in [0.15, 0.2) is 0 Å². The van der Waals surface area contributed by atoms with Gasteiger partial charge >= 0.3 is 0 Å². The van der Waals surface area contributed by atoms with Crippen molar-refractivity contribution < 1.29 is 14.4 Å². The van der Waals surface area contributed by atoms with E-state index in [9.17, 15) is 14.4 Å². The van der Waals surface area contributed by atoms with E-state index in [1.807, 2.05) is 59.5 Å². The highest BCUT2D eigenvalue weighted by Crippen LogP contribution is 2.39. The molecule has 0 aromatic heterocycles. The third kappa shape index (κ3) is 5.08. The van der Waals surface area contributed by atoms with E-state index in [2.05, 4.69) is 22.6 Å². The predicted octanol–water partition coefficient (Wildman–Crippen LogP) is 4.79. The van der Waals surface area contributed by atoms with Gasteiger partial charge in [0, 0.05) is 66.7 Å². The molecular formula is C31H30ClN5O3. The Hall–Kier alpha value is -4.14. The minimum absolute atomic E-state index is 0.0197. The molecule has 3 aromatic carbocycles. The summed E-state index contributed by atoms with van der Waals surface area (Å²) in [5.41, 5.74) is 5.52. The lowest BCUT2D eigenvalue weighted by Gasteiger charge is -2.32. The second-order valence-electron chi connectivity index (χ2n) is 10.4. The van der Waals surface area contributed by atoms with Crippen LogP contribution < -0.4 is 15.5 Å². The minimum atomic E-state index is -0.236. The molecule has 3 aromatic rings. The highest BCUT2D eigenvalue weighted by atomic mass is 35.5. The molecule has 204 valence electrons. The Bertz CT molecular complexity index is 1510. The van der Waals surface area contributed by atoms with E-state index < -0.39 is 0 Å². The average molecular weight is 556 g/mol. The quantitative estimate of drug-likeness (QED) is 0.442. The summed E-state index contributed by atoms with van der Waals surface area (Å²) in [5.74, 6) is -0.0941. The van der Waals surface area contributed by atoms with Crippen LogP contribution in [0.1, 0.15) is 34.3 Å². The van der Waals surface area contributed by atoms with Crippen LogP contribution in [0, 0.1) is 0 Å². The van der Waals surface area contributed by atoms with Crippen molar-refractivity contribution in [3.63, 3.8) is 0 Å². The molecule has 3 heterocycles. The Kier molecular flexibility index (Phi) is 7.04. The Morgan fingerprint density at radius 2 is 1.57 bits per heavy atom. The van der Waals surface area contributed by atoms with Gasteiger partial charge in [0.25, 0.3) is 11.8 Å². The molecule has 0 bridgehead atoms. The number of rotatable bonds is 5. The first-order valence-electron chi connectivity index (χ1n) is 13.5. The van der Waals surface area contributed by atoms with Gasteiger partial charge in [-0.15, -0.1) is 0 Å². The molecule has 3 amide bonds. The third-order valence-corrected chi connectivity index (χ3v) is 7.94. The summed E-state index contributed by atoms with van der Waals surface area (Å²) < 4.78 is 0. The molecule has 2 fully saturated rings. The first-order valence-corrected chi connectivity index (χ1v) is 13.9. The largest absolute Gasteiger partial charge is 0.354 e. The predicted molar refractivity (Wildman–Crippen MR) is 158 cm³/mol. The number of anilines is 3. The summed E-state index contributed by atoms with van der Waals surface area (Å²) in [6.45, 7) is 3.86. The number of hydrogen-bond donors (Lipinski definition) is 2. The van der Waals surface area contributed by atoms with Crippen molar-refractivity contribution in [1.82, 2.24) is 9.80 Å². The van der Waals surface area contributed by atoms with Crippen molar-refractivity contribution in [2.24, 2.45) is 0 Å². The molecule has 3 aliphatic rings. The zero-order chi connectivity index (χ0) is 27.8. The zero-order valence-electron chi connectivity index (χ0n) is 22.2. The summed E-state index contributed by atoms with van der Waals surface area (Å²) >= 11 is 6.19. The Morgan fingerprint density at radius 3 is 2.25 bits per heavy atom. The van der Waals surface area contributed by atoms with E-state index in [0.717, 1.165) is 42.0 Å². The number of carbonyl (C=O) groups is 3. The Labute approximate surface area is 238 Å². The molecule has 2 saturated heterocycles. The molecule has 0 spiro atoms. The van der Waals surface area contributed by atoms with E-state index >= 15 is 0 Å². The van der Waals surface area contributed by atoms with Crippen LogP contribution in [0.25, 0.3) is 11.3 Å². The summed E-state index contributed by atoms with van der Waals surface area (Å²) in [6.07, 6.45) is 1.41. The van der Waals surface area contributed by atoms with Crippen LogP contribution in [0.3, 0.4) is 0 Å². The van der Waals surface area contributed by atoms with Gasteiger partial charge in [0.1, 0.15) is 0 Å². The molecule has 0 atom stereocenters. The number of nitrogens with one attached hydrogen (secondary N) is 2. The van der Waals surface area contributed by atoms with E-state index in [4.69, 9.17) is 11.6 Å². The van der Waals surface area contributed by atoms with E-state index in [1.165, 1.54) is 0 Å². The minimum Gasteiger partial charge on any atom is -0.354 e. The summed E-state index contributed by atoms with van der Waals surface area (Å²) in [5, 5.41) is 6.91. The summed E-state index contributed by atoms with van der Waals surface area (Å²) in [7, 11) is 2.06. The van der Waals surface area contributed by atoms with E-state index in [1.54, 1.807) is 17.0 Å². The van der Waals surface area contributed by atoms with Gasteiger partial charge in [-0.3, -0.25) is 14.4 Å². The standard InChI is InChI=1S/C31H30ClN5O3/c1-35-15-17-36(18-16-35)31(40)21-4-9-23(10-5-21)33-29(28-25-13-8-22(32)19-26(25)34-30(28)39)20-6-11-24(12-7-20)37-14-2-3-27(37)38/h4-13,19,33H,2-3,14-18H2,1H3,(H,34,39). The monoisotopic (exact) mass is 555 g/mol. The van der Waals surface area contributed by atoms with E-state index in [0.29, 0.717) is 53.6 Å². The lowest BCUT2D eigenvalue weighted by molar-refractivity contribution is -0.117. The smallest absolute Gasteiger partial charge is 0.258 e. The molecule has 0 unspecified atom stereocenters. The van der Waals surface area contributed by atoms with Crippen LogP contribution in [0.5, 0.6) is 0 Å². The number of halogens is 1. The molecule has 2 N–H and O–H groups in total. The summed E-state index contributed by atoms with van der Waals surface area (Å²) in [6, 6.07) is 20.3. The zero-order valence-corrected chi connectivity index (χ0v) is 23.0. The van der Waals surface area contributed by atoms with Crippen molar-refractivity contribution in [2.45, 2.75) is 12.8 Å². The van der Waals surface area contributed by atoms with Crippen molar-refractivity contribution >= 4 is 57.7 Å². The van der Waals surface area contributed by atoms with Gasteiger partial charge in [-0.25, -0.2) is 0 Å². The van der Waals surface area contributed by atoms with Crippen LogP contribution in [0.2, 0.25) is 5.02 Å².